The van der Waals surface area contributed by atoms with E-state index >= 15 is 0 Å². The van der Waals surface area contributed by atoms with Crippen LogP contribution in [0.1, 0.15) is 17.3 Å². The lowest BCUT2D eigenvalue weighted by Crippen LogP contribution is -2.31. The highest BCUT2D eigenvalue weighted by Crippen LogP contribution is 2.29. The van der Waals surface area contributed by atoms with Crippen LogP contribution < -0.4 is 5.56 Å². The number of carboxylic acid groups (broad SMARTS) is 1. The molecule has 0 aliphatic rings. The Morgan fingerprint density at radius 1 is 1.06 bits per heavy atom. The van der Waals surface area contributed by atoms with Crippen molar-refractivity contribution in [2.75, 3.05) is 0 Å². The van der Waals surface area contributed by atoms with Crippen LogP contribution in [0.2, 0.25) is 5.02 Å². The second-order valence-corrected chi connectivity index (χ2v) is 8.14. The molecule has 0 spiro atoms. The molecule has 9 heteroatoms. The Morgan fingerprint density at radius 2 is 1.79 bits per heavy atom. The molecule has 164 valence electrons. The number of hydrogen-bond donors (Lipinski definition) is 1. The van der Waals surface area contributed by atoms with Crippen LogP contribution in [0.5, 0.6) is 0 Å². The molecule has 8 nitrogen and oxygen atoms in total. The molecule has 0 unspecified atom stereocenters. The summed E-state index contributed by atoms with van der Waals surface area (Å²) in [5.74, 6) is -1.10. The number of rotatable bonds is 5. The smallest absolute Gasteiger partial charge is 0.327 e. The van der Waals surface area contributed by atoms with Crippen LogP contribution in [0, 0.1) is 6.92 Å². The fraction of sp³-hybridized carbons (Fsp3) is 0.125. The van der Waals surface area contributed by atoms with E-state index in [0.29, 0.717) is 16.2 Å². The number of aryl methyl sites for hydroxylation is 1. The molecule has 1 N–H and O–H groups in total. The molecule has 0 saturated carbocycles. The Balaban J connectivity index is 1.65. The van der Waals surface area contributed by atoms with Gasteiger partial charge in [-0.2, -0.15) is 5.10 Å². The Labute approximate surface area is 192 Å². The van der Waals surface area contributed by atoms with Crippen molar-refractivity contribution in [3.05, 3.63) is 93.5 Å². The van der Waals surface area contributed by atoms with Gasteiger partial charge in [0.2, 0.25) is 0 Å². The maximum absolute atomic E-state index is 13.2. The van der Waals surface area contributed by atoms with Gasteiger partial charge >= 0.3 is 5.97 Å². The van der Waals surface area contributed by atoms with Gasteiger partial charge in [0.25, 0.3) is 5.56 Å². The lowest BCUT2D eigenvalue weighted by atomic mass is 10.1. The van der Waals surface area contributed by atoms with Gasteiger partial charge in [-0.25, -0.2) is 9.31 Å². The van der Waals surface area contributed by atoms with E-state index < -0.39 is 17.6 Å². The van der Waals surface area contributed by atoms with Crippen LogP contribution in [-0.4, -0.2) is 35.5 Å². The largest absolute Gasteiger partial charge is 0.480 e. The maximum Gasteiger partial charge on any atom is 0.327 e. The van der Waals surface area contributed by atoms with E-state index in [9.17, 15) is 14.7 Å². The summed E-state index contributed by atoms with van der Waals surface area (Å²) in [6, 6.07) is 17.1. The molecule has 5 rings (SSSR count). The minimum Gasteiger partial charge on any atom is -0.480 e. The number of benzene rings is 2. The minimum atomic E-state index is -1.10. The normalized spacial score (nSPS) is 12.3. The predicted octanol–water partition coefficient (Wildman–Crippen LogP) is 3.94. The van der Waals surface area contributed by atoms with Gasteiger partial charge in [0.15, 0.2) is 11.2 Å². The van der Waals surface area contributed by atoms with Crippen LogP contribution in [0.15, 0.2) is 71.7 Å². The number of aliphatic carboxylic acids is 1. The molecular formula is C24H18ClN5O3. The van der Waals surface area contributed by atoms with Crippen molar-refractivity contribution in [3.8, 4) is 11.1 Å². The second-order valence-electron chi connectivity index (χ2n) is 7.71. The summed E-state index contributed by atoms with van der Waals surface area (Å²) >= 11 is 6.01. The number of aromatic nitrogens is 5. The van der Waals surface area contributed by atoms with Gasteiger partial charge in [0.05, 0.1) is 11.3 Å². The Kier molecular flexibility index (Phi) is 5.14. The first-order valence-electron chi connectivity index (χ1n) is 10.2. The van der Waals surface area contributed by atoms with Gasteiger partial charge in [-0.05, 0) is 36.2 Å². The number of hydrogen-bond acceptors (Lipinski definition) is 5. The first kappa shape index (κ1) is 20.8. The number of nitrogens with zero attached hydrogens (tertiary/aromatic N) is 5. The fourth-order valence-corrected chi connectivity index (χ4v) is 4.13. The number of fused-ring (bicyclic) bond motifs is 3. The Hall–Kier alpha value is -4.04. The molecule has 5 aromatic rings. The number of carboxylic acids is 1. The highest BCUT2D eigenvalue weighted by atomic mass is 35.5. The van der Waals surface area contributed by atoms with Crippen LogP contribution in [0.25, 0.3) is 27.8 Å². The van der Waals surface area contributed by atoms with Gasteiger partial charge in [-0.1, -0.05) is 54.1 Å². The molecule has 0 bridgehead atoms. The van der Waals surface area contributed by atoms with E-state index in [1.165, 1.54) is 10.8 Å². The van der Waals surface area contributed by atoms with Crippen molar-refractivity contribution in [2.24, 2.45) is 0 Å². The third-order valence-electron chi connectivity index (χ3n) is 5.61. The van der Waals surface area contributed by atoms with E-state index in [-0.39, 0.29) is 11.9 Å². The number of carbonyl (C=O) groups is 1. The third kappa shape index (κ3) is 3.64. The van der Waals surface area contributed by atoms with Crippen LogP contribution >= 0.6 is 11.6 Å². The topological polar surface area (TPSA) is 102 Å². The van der Waals surface area contributed by atoms with Crippen LogP contribution in [0.4, 0.5) is 0 Å². The van der Waals surface area contributed by atoms with E-state index in [1.54, 1.807) is 22.7 Å². The molecule has 0 aliphatic heterocycles. The average Bonchev–Trinajstić information content (AvgIpc) is 3.15. The summed E-state index contributed by atoms with van der Waals surface area (Å²) in [4.78, 5) is 25.3. The van der Waals surface area contributed by atoms with E-state index in [1.807, 2.05) is 49.4 Å². The fourth-order valence-electron chi connectivity index (χ4n) is 4.01. The quantitative estimate of drug-likeness (QED) is 0.427. The Morgan fingerprint density at radius 3 is 2.48 bits per heavy atom. The van der Waals surface area contributed by atoms with Crippen LogP contribution in [0.3, 0.4) is 0 Å². The molecule has 0 saturated heterocycles. The molecule has 2 aromatic carbocycles. The standard InChI is InChI=1S/C24H18ClN5O3/c1-14-20(16-7-9-17(25)10-8-16)22-27-26-21-18(30(22)28-14)11-12-29(23(21)31)19(24(32)33)13-15-5-3-2-4-6-15/h2-12,19H,13H2,1H3,(H,32,33)/t19-/m1/s1. The molecule has 33 heavy (non-hydrogen) atoms. The zero-order valence-corrected chi connectivity index (χ0v) is 18.3. The summed E-state index contributed by atoms with van der Waals surface area (Å²) in [7, 11) is 0. The van der Waals surface area contributed by atoms with Gasteiger partial charge < -0.3 is 5.11 Å². The zero-order chi connectivity index (χ0) is 23.1. The van der Waals surface area contributed by atoms with Crippen molar-refractivity contribution >= 4 is 34.3 Å². The SMILES string of the molecule is Cc1nn2c(nnc3c(=O)n([C@H](Cc4ccccc4)C(=O)O)ccc32)c1-c1ccc(Cl)cc1. The van der Waals surface area contributed by atoms with Crippen molar-refractivity contribution in [1.82, 2.24) is 24.4 Å². The lowest BCUT2D eigenvalue weighted by Gasteiger charge is -2.16. The van der Waals surface area contributed by atoms with Crippen LogP contribution in [-0.2, 0) is 11.2 Å². The molecular weight excluding hydrogens is 442 g/mol. The molecule has 0 amide bonds. The van der Waals surface area contributed by atoms with E-state index in [2.05, 4.69) is 15.3 Å². The molecule has 0 aliphatic carbocycles. The monoisotopic (exact) mass is 459 g/mol. The van der Waals surface area contributed by atoms with Gasteiger partial charge in [-0.3, -0.25) is 9.36 Å². The summed E-state index contributed by atoms with van der Waals surface area (Å²) < 4.78 is 2.76. The lowest BCUT2D eigenvalue weighted by molar-refractivity contribution is -0.141. The number of pyridine rings is 1. The second kappa shape index (κ2) is 8.14. The Bertz CT molecular complexity index is 1560. The minimum absolute atomic E-state index is 0.0504. The van der Waals surface area contributed by atoms with Crippen molar-refractivity contribution < 1.29 is 9.90 Å². The van der Waals surface area contributed by atoms with Gasteiger partial charge in [0.1, 0.15) is 11.6 Å². The maximum atomic E-state index is 13.2. The molecule has 0 fully saturated rings. The van der Waals surface area contributed by atoms with E-state index in [0.717, 1.165) is 22.4 Å². The summed E-state index contributed by atoms with van der Waals surface area (Å²) in [5, 5.41) is 23.5. The van der Waals surface area contributed by atoms with Crippen molar-refractivity contribution in [1.29, 1.82) is 0 Å². The highest BCUT2D eigenvalue weighted by Gasteiger charge is 2.24. The van der Waals surface area contributed by atoms with E-state index in [4.69, 9.17) is 11.6 Å². The average molecular weight is 460 g/mol. The van der Waals surface area contributed by atoms with Gasteiger partial charge in [-0.15, -0.1) is 10.2 Å². The predicted molar refractivity (Wildman–Crippen MR) is 125 cm³/mol. The zero-order valence-electron chi connectivity index (χ0n) is 17.5. The molecule has 1 atom stereocenters. The van der Waals surface area contributed by atoms with Crippen molar-refractivity contribution in [2.45, 2.75) is 19.4 Å². The third-order valence-corrected chi connectivity index (χ3v) is 5.86. The molecule has 0 radical (unpaired) electrons. The van der Waals surface area contributed by atoms with Gasteiger partial charge in [0, 0.05) is 17.6 Å². The number of halogens is 1. The summed E-state index contributed by atoms with van der Waals surface area (Å²) in [5.41, 5.74) is 3.66. The molecule has 3 aromatic heterocycles. The molecule has 3 heterocycles. The first-order valence-corrected chi connectivity index (χ1v) is 10.6. The summed E-state index contributed by atoms with van der Waals surface area (Å²) in [6.45, 7) is 1.85. The highest BCUT2D eigenvalue weighted by molar-refractivity contribution is 6.30. The first-order chi connectivity index (χ1) is 15.9. The summed E-state index contributed by atoms with van der Waals surface area (Å²) in [6.07, 6.45) is 1.64. The van der Waals surface area contributed by atoms with Crippen molar-refractivity contribution in [3.63, 3.8) is 0 Å².